The Morgan fingerprint density at radius 2 is 1.39 bits per heavy atom. The Labute approximate surface area is 232 Å². The lowest BCUT2D eigenvalue weighted by molar-refractivity contribution is -0.943. The molecule has 2 saturated heterocycles. The summed E-state index contributed by atoms with van der Waals surface area (Å²) in [5.74, 6) is 2.76. The highest BCUT2D eigenvalue weighted by atomic mass is 16.5. The van der Waals surface area contributed by atoms with Crippen LogP contribution in [0.4, 0.5) is 0 Å². The van der Waals surface area contributed by atoms with Crippen molar-refractivity contribution in [3.63, 3.8) is 0 Å². The van der Waals surface area contributed by atoms with Crippen LogP contribution >= 0.6 is 0 Å². The van der Waals surface area contributed by atoms with Crippen LogP contribution < -0.4 is 0 Å². The smallest absolute Gasteiger partial charge is 0.303 e. The molecule has 0 spiro atoms. The fourth-order valence-electron chi connectivity index (χ4n) is 11.9. The molecule has 5 nitrogen and oxygen atoms in total. The zero-order chi connectivity index (χ0) is 26.9. The van der Waals surface area contributed by atoms with Crippen LogP contribution in [0.15, 0.2) is 0 Å². The number of rotatable bonds is 3. The molecule has 0 aromatic rings. The van der Waals surface area contributed by atoms with E-state index in [1.54, 1.807) is 6.92 Å². The number of fused-ring (bicyclic) bond motifs is 5. The van der Waals surface area contributed by atoms with Crippen LogP contribution in [0.2, 0.25) is 0 Å². The number of carbonyl (C=O) groups excluding carboxylic acids is 1. The maximum Gasteiger partial charge on any atom is 0.303 e. The minimum Gasteiger partial charge on any atom is -0.456 e. The third-order valence-corrected chi connectivity index (χ3v) is 14.2. The summed E-state index contributed by atoms with van der Waals surface area (Å²) in [7, 11) is 4.94. The van der Waals surface area contributed by atoms with E-state index in [2.05, 4.69) is 27.9 Å². The van der Waals surface area contributed by atoms with Gasteiger partial charge in [0.1, 0.15) is 18.2 Å². The van der Waals surface area contributed by atoms with Gasteiger partial charge in [-0.2, -0.15) is 0 Å². The zero-order valence-electron chi connectivity index (χ0n) is 25.3. The average Bonchev–Trinajstić information content (AvgIpc) is 3.16. The third kappa shape index (κ3) is 4.23. The number of aliphatic hydroxyl groups excluding tert-OH is 1. The lowest BCUT2D eigenvalue weighted by Crippen LogP contribution is -2.66. The number of likely N-dealkylation sites (N-methyl/N-ethyl adjacent to an activating group) is 2. The Bertz CT molecular complexity index is 895. The molecule has 6 fully saturated rings. The van der Waals surface area contributed by atoms with Crippen molar-refractivity contribution >= 4 is 5.97 Å². The first kappa shape index (κ1) is 27.5. The first-order chi connectivity index (χ1) is 18.0. The van der Waals surface area contributed by atoms with Gasteiger partial charge in [-0.25, -0.2) is 0 Å². The molecule has 0 aromatic carbocycles. The molecular weight excluding hydrogens is 472 g/mol. The predicted molar refractivity (Wildman–Crippen MR) is 151 cm³/mol. The second kappa shape index (κ2) is 9.72. The van der Waals surface area contributed by atoms with Crippen molar-refractivity contribution in [3.8, 4) is 0 Å². The number of nitrogens with zero attached hydrogens (tertiary/aromatic N) is 2. The highest BCUT2D eigenvalue weighted by molar-refractivity contribution is 5.66. The van der Waals surface area contributed by atoms with Crippen LogP contribution in [-0.4, -0.2) is 84.6 Å². The van der Waals surface area contributed by atoms with Gasteiger partial charge in [-0.15, -0.1) is 0 Å². The molecule has 10 atom stereocenters. The number of hydrogen-bond donors (Lipinski definition) is 1. The van der Waals surface area contributed by atoms with Gasteiger partial charge in [0.25, 0.3) is 0 Å². The van der Waals surface area contributed by atoms with E-state index in [1.165, 1.54) is 103 Å². The molecule has 2 aliphatic heterocycles. The summed E-state index contributed by atoms with van der Waals surface area (Å²) < 4.78 is 8.38. The fraction of sp³-hybridized carbons (Fsp3) is 0.970. The topological polar surface area (TPSA) is 46.5 Å². The van der Waals surface area contributed by atoms with E-state index in [0.717, 1.165) is 27.2 Å². The van der Waals surface area contributed by atoms with Crippen LogP contribution in [0.5, 0.6) is 0 Å². The summed E-state index contributed by atoms with van der Waals surface area (Å²) in [5.41, 5.74) is 0.421. The van der Waals surface area contributed by atoms with Gasteiger partial charge >= 0.3 is 5.97 Å². The number of esters is 1. The maximum absolute atomic E-state index is 12.2. The van der Waals surface area contributed by atoms with Gasteiger partial charge in [-0.3, -0.25) is 4.79 Å². The molecule has 38 heavy (non-hydrogen) atoms. The molecule has 0 aromatic heterocycles. The van der Waals surface area contributed by atoms with E-state index >= 15 is 0 Å². The number of aliphatic hydroxyl groups is 1. The number of quaternary nitrogens is 2. The number of ether oxygens (including phenoxy) is 1. The van der Waals surface area contributed by atoms with Gasteiger partial charge in [0.05, 0.1) is 40.3 Å². The van der Waals surface area contributed by atoms with Crippen molar-refractivity contribution in [2.24, 2.45) is 34.5 Å². The zero-order valence-corrected chi connectivity index (χ0v) is 25.3. The second-order valence-corrected chi connectivity index (χ2v) is 16.1. The molecule has 0 radical (unpaired) electrons. The van der Waals surface area contributed by atoms with Crippen LogP contribution in [-0.2, 0) is 9.53 Å². The summed E-state index contributed by atoms with van der Waals surface area (Å²) in [6.07, 6.45) is 16.5. The molecule has 216 valence electrons. The van der Waals surface area contributed by atoms with Gasteiger partial charge in [0.2, 0.25) is 0 Å². The molecule has 0 bridgehead atoms. The van der Waals surface area contributed by atoms with Crippen molar-refractivity contribution in [2.75, 3.05) is 40.3 Å². The van der Waals surface area contributed by atoms with Gasteiger partial charge in [-0.05, 0) is 99.7 Å². The number of piperidine rings is 2. The highest BCUT2D eigenvalue weighted by Gasteiger charge is 2.66. The van der Waals surface area contributed by atoms with Crippen molar-refractivity contribution < 1.29 is 23.6 Å². The van der Waals surface area contributed by atoms with E-state index in [0.29, 0.717) is 29.3 Å². The number of likely N-dealkylation sites (tertiary alicyclic amines) is 2. The number of hydrogen-bond acceptors (Lipinski definition) is 3. The summed E-state index contributed by atoms with van der Waals surface area (Å²) >= 11 is 0. The van der Waals surface area contributed by atoms with Crippen molar-refractivity contribution in [1.82, 2.24) is 0 Å². The van der Waals surface area contributed by atoms with Gasteiger partial charge < -0.3 is 18.8 Å². The lowest BCUT2D eigenvalue weighted by Gasteiger charge is -2.63. The minimum atomic E-state index is -0.146. The first-order valence-corrected chi connectivity index (χ1v) is 16.5. The van der Waals surface area contributed by atoms with E-state index in [-0.39, 0.29) is 23.6 Å². The largest absolute Gasteiger partial charge is 0.456 e. The molecule has 6 aliphatic rings. The number of carbonyl (C=O) groups is 1. The van der Waals surface area contributed by atoms with Crippen molar-refractivity contribution in [3.05, 3.63) is 0 Å². The SMILES string of the molecule is CC(=O)O[C@H]1C[C@@H]2CCC3C4CC([N+]5(C)CCCCC5)C(O)[C@@]4(C)CCC3[C@@]2(C)C[C@@H]1[N+]1(C)CCCCC1. The normalized spacial score (nSPS) is 49.8. The summed E-state index contributed by atoms with van der Waals surface area (Å²) in [6.45, 7) is 11.7. The van der Waals surface area contributed by atoms with Crippen LogP contribution in [0, 0.1) is 34.5 Å². The predicted octanol–water partition coefficient (Wildman–Crippen LogP) is 5.54. The van der Waals surface area contributed by atoms with E-state index in [4.69, 9.17) is 4.74 Å². The molecule has 6 rings (SSSR count). The summed E-state index contributed by atoms with van der Waals surface area (Å²) in [4.78, 5) is 12.2. The molecule has 0 amide bonds. The first-order valence-electron chi connectivity index (χ1n) is 16.5. The van der Waals surface area contributed by atoms with Crippen LogP contribution in [0.3, 0.4) is 0 Å². The quantitative estimate of drug-likeness (QED) is 0.385. The van der Waals surface area contributed by atoms with E-state index in [9.17, 15) is 9.90 Å². The molecule has 4 saturated carbocycles. The summed E-state index contributed by atoms with van der Waals surface area (Å²) in [5, 5.41) is 11.9. The Balaban J connectivity index is 1.28. The van der Waals surface area contributed by atoms with Crippen LogP contribution in [0.1, 0.15) is 104 Å². The molecule has 2 heterocycles. The lowest BCUT2D eigenvalue weighted by atomic mass is 9.44. The standard InChI is InChI=1S/C33H58N2O3/c1-23(36)38-30-20-24-12-13-25-26(33(24,3)22-29(30)35(5)18-10-7-11-19-35)14-15-32(2)27(25)21-28(31(32)37)34(4)16-8-6-9-17-34/h24-31,37H,6-22H2,1-5H3/q+2/t24-,25?,26?,27?,28?,29-,30-,31?,32-,33-/m0/s1. The molecule has 5 heteroatoms. The average molecular weight is 531 g/mol. The maximum atomic E-state index is 12.2. The minimum absolute atomic E-state index is 0.0836. The fourth-order valence-corrected chi connectivity index (χ4v) is 11.9. The molecule has 4 aliphatic carbocycles. The molecular formula is C33H58N2O3+2. The Kier molecular flexibility index (Phi) is 7.04. The van der Waals surface area contributed by atoms with Crippen molar-refractivity contribution in [2.45, 2.75) is 129 Å². The monoisotopic (exact) mass is 530 g/mol. The van der Waals surface area contributed by atoms with Gasteiger partial charge in [0.15, 0.2) is 6.10 Å². The Morgan fingerprint density at radius 1 is 0.789 bits per heavy atom. The molecule has 5 unspecified atom stereocenters. The van der Waals surface area contributed by atoms with Gasteiger partial charge in [0, 0.05) is 25.2 Å². The van der Waals surface area contributed by atoms with E-state index in [1.807, 2.05) is 0 Å². The van der Waals surface area contributed by atoms with Crippen LogP contribution in [0.25, 0.3) is 0 Å². The highest BCUT2D eigenvalue weighted by Crippen LogP contribution is 2.67. The van der Waals surface area contributed by atoms with Gasteiger partial charge in [-0.1, -0.05) is 13.8 Å². The Morgan fingerprint density at radius 3 is 2.00 bits per heavy atom. The van der Waals surface area contributed by atoms with E-state index < -0.39 is 0 Å². The second-order valence-electron chi connectivity index (χ2n) is 16.1. The van der Waals surface area contributed by atoms with Crippen molar-refractivity contribution in [1.29, 1.82) is 0 Å². The third-order valence-electron chi connectivity index (χ3n) is 14.2. The Hall–Kier alpha value is -0.650. The summed E-state index contributed by atoms with van der Waals surface area (Å²) in [6, 6.07) is 0.868. The molecule has 1 N–H and O–H groups in total.